The van der Waals surface area contributed by atoms with Gasteiger partial charge >= 0.3 is 0 Å². The number of ketones is 1. The molecular formula is C28H37N3O4. The van der Waals surface area contributed by atoms with E-state index in [9.17, 15) is 14.7 Å². The van der Waals surface area contributed by atoms with E-state index in [1.807, 2.05) is 82.2 Å². The summed E-state index contributed by atoms with van der Waals surface area (Å²) in [6, 6.07) is 12.5. The molecule has 1 aliphatic rings. The molecule has 1 fully saturated rings. The van der Waals surface area contributed by atoms with E-state index in [1.165, 1.54) is 0 Å². The van der Waals surface area contributed by atoms with Crippen LogP contribution in [0.2, 0.25) is 0 Å². The summed E-state index contributed by atoms with van der Waals surface area (Å²) < 4.78 is 5.70. The fourth-order valence-electron chi connectivity index (χ4n) is 4.33. The first-order valence-corrected chi connectivity index (χ1v) is 12.1. The lowest BCUT2D eigenvalue weighted by atomic mass is 9.93. The molecule has 1 unspecified atom stereocenters. The molecule has 1 N–H and O–H groups in total. The number of aliphatic hydroxyl groups excluding tert-OH is 1. The van der Waals surface area contributed by atoms with Crippen molar-refractivity contribution in [2.24, 2.45) is 0 Å². The molecule has 2 aromatic rings. The van der Waals surface area contributed by atoms with Gasteiger partial charge in [0.15, 0.2) is 0 Å². The number of rotatable bonds is 10. The van der Waals surface area contributed by atoms with Crippen LogP contribution >= 0.6 is 0 Å². The van der Waals surface area contributed by atoms with Crippen LogP contribution < -0.4 is 9.64 Å². The highest BCUT2D eigenvalue weighted by Crippen LogP contribution is 2.40. The molecule has 2 aromatic carbocycles. The minimum absolute atomic E-state index is 0.128. The van der Waals surface area contributed by atoms with Crippen molar-refractivity contribution in [1.29, 1.82) is 0 Å². The van der Waals surface area contributed by atoms with Gasteiger partial charge in [0.05, 0.1) is 18.2 Å². The summed E-state index contributed by atoms with van der Waals surface area (Å²) in [5.74, 6) is -0.673. The van der Waals surface area contributed by atoms with E-state index in [0.717, 1.165) is 36.2 Å². The van der Waals surface area contributed by atoms with Crippen LogP contribution in [0.4, 0.5) is 5.69 Å². The second kappa shape index (κ2) is 11.4. The first-order chi connectivity index (χ1) is 16.6. The lowest BCUT2D eigenvalue weighted by Gasteiger charge is -2.26. The molecular weight excluding hydrogens is 442 g/mol. The number of hydrogen-bond donors (Lipinski definition) is 1. The number of aryl methyl sites for hydroxylation is 1. The second-order valence-electron chi connectivity index (χ2n) is 9.46. The molecule has 0 aliphatic carbocycles. The van der Waals surface area contributed by atoms with Crippen LogP contribution in [0.5, 0.6) is 5.75 Å². The maximum Gasteiger partial charge on any atom is 0.295 e. The van der Waals surface area contributed by atoms with Gasteiger partial charge in [-0.05, 0) is 81.9 Å². The molecule has 188 valence electrons. The van der Waals surface area contributed by atoms with Gasteiger partial charge in [0.1, 0.15) is 11.5 Å². The lowest BCUT2D eigenvalue weighted by molar-refractivity contribution is -0.139. The molecule has 0 saturated carbocycles. The predicted molar refractivity (Wildman–Crippen MR) is 140 cm³/mol. The number of ether oxygens (including phenoxy) is 1. The van der Waals surface area contributed by atoms with E-state index in [2.05, 4.69) is 0 Å². The van der Waals surface area contributed by atoms with Crippen LogP contribution in [0.3, 0.4) is 0 Å². The Morgan fingerprint density at radius 3 is 2.31 bits per heavy atom. The molecule has 1 aliphatic heterocycles. The normalized spacial score (nSPS) is 17.3. The minimum atomic E-state index is -0.653. The zero-order valence-corrected chi connectivity index (χ0v) is 21.7. The number of hydrogen-bond acceptors (Lipinski definition) is 6. The third-order valence-electron chi connectivity index (χ3n) is 6.20. The Balaban J connectivity index is 2.07. The number of amides is 1. The van der Waals surface area contributed by atoms with Crippen LogP contribution in [0.1, 0.15) is 42.5 Å². The summed E-state index contributed by atoms with van der Waals surface area (Å²) >= 11 is 0. The van der Waals surface area contributed by atoms with E-state index >= 15 is 0 Å². The van der Waals surface area contributed by atoms with Crippen molar-refractivity contribution in [3.8, 4) is 5.75 Å². The van der Waals surface area contributed by atoms with Crippen LogP contribution in [0.25, 0.3) is 5.76 Å². The monoisotopic (exact) mass is 479 g/mol. The Morgan fingerprint density at radius 1 is 1.06 bits per heavy atom. The van der Waals surface area contributed by atoms with Crippen molar-refractivity contribution in [3.05, 3.63) is 64.7 Å². The molecule has 1 atom stereocenters. The van der Waals surface area contributed by atoms with Gasteiger partial charge in [-0.3, -0.25) is 9.59 Å². The lowest BCUT2D eigenvalue weighted by Crippen LogP contribution is -2.32. The van der Waals surface area contributed by atoms with Gasteiger partial charge in [-0.1, -0.05) is 19.1 Å². The number of benzene rings is 2. The number of likely N-dealkylation sites (tertiary alicyclic amines) is 1. The molecule has 1 saturated heterocycles. The van der Waals surface area contributed by atoms with E-state index in [-0.39, 0.29) is 11.3 Å². The van der Waals surface area contributed by atoms with Crippen molar-refractivity contribution in [3.63, 3.8) is 0 Å². The number of aliphatic hydroxyl groups is 1. The van der Waals surface area contributed by atoms with Crippen molar-refractivity contribution in [2.45, 2.75) is 32.7 Å². The number of anilines is 1. The topological polar surface area (TPSA) is 73.3 Å². The van der Waals surface area contributed by atoms with E-state index in [1.54, 1.807) is 17.0 Å². The van der Waals surface area contributed by atoms with Crippen molar-refractivity contribution >= 4 is 23.1 Å². The van der Waals surface area contributed by atoms with Gasteiger partial charge in [0.2, 0.25) is 0 Å². The zero-order valence-electron chi connectivity index (χ0n) is 21.7. The summed E-state index contributed by atoms with van der Waals surface area (Å²) in [5, 5.41) is 11.4. The number of Topliss-reactive ketones (excluding diaryl/α,β-unsaturated/α-hetero) is 1. The molecule has 3 rings (SSSR count). The Bertz CT molecular complexity index is 1090. The van der Waals surface area contributed by atoms with Crippen molar-refractivity contribution in [1.82, 2.24) is 9.80 Å². The summed E-state index contributed by atoms with van der Waals surface area (Å²) in [4.78, 5) is 32.0. The highest BCUT2D eigenvalue weighted by Gasteiger charge is 2.45. The maximum absolute atomic E-state index is 13.3. The molecule has 0 bridgehead atoms. The summed E-state index contributed by atoms with van der Waals surface area (Å²) in [6.45, 7) is 5.71. The fourth-order valence-corrected chi connectivity index (χ4v) is 4.33. The third-order valence-corrected chi connectivity index (χ3v) is 6.20. The number of nitrogens with zero attached hydrogens (tertiary/aromatic N) is 3. The molecule has 1 amide bonds. The predicted octanol–water partition coefficient (Wildman–Crippen LogP) is 4.22. The quantitative estimate of drug-likeness (QED) is 0.312. The van der Waals surface area contributed by atoms with Gasteiger partial charge in [0.25, 0.3) is 11.7 Å². The maximum atomic E-state index is 13.3. The van der Waals surface area contributed by atoms with E-state index < -0.39 is 17.7 Å². The smallest absolute Gasteiger partial charge is 0.295 e. The van der Waals surface area contributed by atoms with Gasteiger partial charge in [-0.2, -0.15) is 0 Å². The van der Waals surface area contributed by atoms with Crippen LogP contribution in [0, 0.1) is 6.92 Å². The molecule has 0 radical (unpaired) electrons. The van der Waals surface area contributed by atoms with Gasteiger partial charge in [-0.15, -0.1) is 0 Å². The molecule has 0 spiro atoms. The van der Waals surface area contributed by atoms with E-state index in [4.69, 9.17) is 4.74 Å². The molecule has 1 heterocycles. The average molecular weight is 480 g/mol. The SMILES string of the molecule is CCCOc1ccc(/C(O)=C2/C(=O)C(=O)N(CCCN(C)C)C2c2ccc(N(C)C)cc2)c(C)c1. The molecule has 35 heavy (non-hydrogen) atoms. The minimum Gasteiger partial charge on any atom is -0.507 e. The standard InChI is InChI=1S/C28H37N3O4/c1-7-17-35-22-13-14-23(19(2)18-22)26(32)24-25(20-9-11-21(12-10-20)30(5)6)31(28(34)27(24)33)16-8-15-29(3)4/h9-14,18,25,32H,7-8,15-17H2,1-6H3/b26-24-. The van der Waals surface area contributed by atoms with Crippen LogP contribution in [0.15, 0.2) is 48.0 Å². The van der Waals surface area contributed by atoms with Gasteiger partial charge in [-0.25, -0.2) is 0 Å². The Labute approximate surface area is 208 Å². The Morgan fingerprint density at radius 2 is 1.74 bits per heavy atom. The highest BCUT2D eigenvalue weighted by atomic mass is 16.5. The first-order valence-electron chi connectivity index (χ1n) is 12.1. The number of carbonyl (C=O) groups excluding carboxylic acids is 2. The number of carbonyl (C=O) groups is 2. The van der Waals surface area contributed by atoms with Gasteiger partial charge < -0.3 is 24.5 Å². The fraction of sp³-hybridized carbons (Fsp3) is 0.429. The molecule has 0 aromatic heterocycles. The Hall–Kier alpha value is -3.32. The highest BCUT2D eigenvalue weighted by molar-refractivity contribution is 6.46. The second-order valence-corrected chi connectivity index (χ2v) is 9.46. The van der Waals surface area contributed by atoms with Crippen LogP contribution in [-0.2, 0) is 9.59 Å². The average Bonchev–Trinajstić information content (AvgIpc) is 3.07. The van der Waals surface area contributed by atoms with E-state index in [0.29, 0.717) is 24.5 Å². The first kappa shape index (κ1) is 26.3. The molecule has 7 nitrogen and oxygen atoms in total. The van der Waals surface area contributed by atoms with Gasteiger partial charge in [0, 0.05) is 31.9 Å². The largest absolute Gasteiger partial charge is 0.507 e. The third kappa shape index (κ3) is 5.85. The summed E-state index contributed by atoms with van der Waals surface area (Å²) in [7, 11) is 7.86. The van der Waals surface area contributed by atoms with Crippen molar-refractivity contribution < 1.29 is 19.4 Å². The summed E-state index contributed by atoms with van der Waals surface area (Å²) in [6.07, 6.45) is 1.61. The van der Waals surface area contributed by atoms with Crippen molar-refractivity contribution in [2.75, 3.05) is 52.8 Å². The summed E-state index contributed by atoms with van der Waals surface area (Å²) in [5.41, 5.74) is 3.23. The zero-order chi connectivity index (χ0) is 25.7. The Kier molecular flexibility index (Phi) is 8.57. The van der Waals surface area contributed by atoms with Crippen LogP contribution in [-0.4, -0.2) is 74.5 Å². The molecule has 7 heteroatoms.